The highest BCUT2D eigenvalue weighted by Gasteiger charge is 2.32. The molecule has 3 rings (SSSR count). The molecule has 29 heavy (non-hydrogen) atoms. The normalized spacial score (nSPS) is 19.1. The zero-order valence-corrected chi connectivity index (χ0v) is 17.1. The smallest absolute Gasteiger partial charge is 0.323 e. The number of hydrogen-bond acceptors (Lipinski definition) is 6. The SMILES string of the molecule is O=C(CCc1ccc(CN[C@@H](C(=O)OC2CCCC2)C2CCCCC2)cn1)NO. The fraction of sp³-hybridized carbons (Fsp3) is 0.682. The van der Waals surface area contributed by atoms with E-state index in [-0.39, 0.29) is 24.5 Å². The molecule has 160 valence electrons. The fourth-order valence-corrected chi connectivity index (χ4v) is 4.39. The second-order valence-corrected chi connectivity index (χ2v) is 8.29. The van der Waals surface area contributed by atoms with Crippen molar-refractivity contribution >= 4 is 11.9 Å². The van der Waals surface area contributed by atoms with E-state index in [9.17, 15) is 9.59 Å². The number of rotatable bonds is 9. The summed E-state index contributed by atoms with van der Waals surface area (Å²) < 4.78 is 5.82. The van der Waals surface area contributed by atoms with Crippen molar-refractivity contribution in [1.29, 1.82) is 0 Å². The number of carbonyl (C=O) groups is 2. The van der Waals surface area contributed by atoms with E-state index >= 15 is 0 Å². The van der Waals surface area contributed by atoms with Gasteiger partial charge in [-0.2, -0.15) is 0 Å². The third kappa shape index (κ3) is 6.78. The van der Waals surface area contributed by atoms with E-state index in [0.717, 1.165) is 49.8 Å². The van der Waals surface area contributed by atoms with Gasteiger partial charge in [-0.1, -0.05) is 25.3 Å². The Hall–Kier alpha value is -1.99. The summed E-state index contributed by atoms with van der Waals surface area (Å²) in [7, 11) is 0. The highest BCUT2D eigenvalue weighted by Crippen LogP contribution is 2.29. The molecule has 0 bridgehead atoms. The third-order valence-corrected chi connectivity index (χ3v) is 6.11. The maximum Gasteiger partial charge on any atom is 0.323 e. The van der Waals surface area contributed by atoms with E-state index < -0.39 is 5.91 Å². The van der Waals surface area contributed by atoms with E-state index in [1.54, 1.807) is 11.7 Å². The highest BCUT2D eigenvalue weighted by atomic mass is 16.5. The van der Waals surface area contributed by atoms with Crippen molar-refractivity contribution in [3.05, 3.63) is 29.6 Å². The molecule has 7 heteroatoms. The van der Waals surface area contributed by atoms with Gasteiger partial charge in [0, 0.05) is 24.9 Å². The number of nitrogens with one attached hydrogen (secondary N) is 2. The van der Waals surface area contributed by atoms with Gasteiger partial charge in [0.15, 0.2) is 0 Å². The van der Waals surface area contributed by atoms with Gasteiger partial charge < -0.3 is 10.1 Å². The van der Waals surface area contributed by atoms with Crippen molar-refractivity contribution in [1.82, 2.24) is 15.8 Å². The van der Waals surface area contributed by atoms with Crippen molar-refractivity contribution in [2.24, 2.45) is 5.92 Å². The first-order valence-corrected chi connectivity index (χ1v) is 11.0. The molecular weight excluding hydrogens is 370 g/mol. The predicted octanol–water partition coefficient (Wildman–Crippen LogP) is 3.04. The van der Waals surface area contributed by atoms with E-state index in [1.165, 1.54) is 19.3 Å². The summed E-state index contributed by atoms with van der Waals surface area (Å²) in [4.78, 5) is 28.4. The monoisotopic (exact) mass is 403 g/mol. The topological polar surface area (TPSA) is 101 Å². The van der Waals surface area contributed by atoms with Gasteiger partial charge in [-0.05, 0) is 62.5 Å². The molecule has 7 nitrogen and oxygen atoms in total. The Balaban J connectivity index is 1.55. The fourth-order valence-electron chi connectivity index (χ4n) is 4.39. The Morgan fingerprint density at radius 1 is 1.10 bits per heavy atom. The van der Waals surface area contributed by atoms with Gasteiger partial charge in [0.05, 0.1) is 0 Å². The molecular formula is C22H33N3O4. The molecule has 0 saturated heterocycles. The summed E-state index contributed by atoms with van der Waals surface area (Å²) in [5, 5.41) is 12.0. The number of hydroxylamine groups is 1. The number of aromatic nitrogens is 1. The second kappa shape index (κ2) is 11.3. The summed E-state index contributed by atoms with van der Waals surface area (Å²) >= 11 is 0. The van der Waals surface area contributed by atoms with Crippen molar-refractivity contribution in [2.45, 2.75) is 89.3 Å². The molecule has 3 N–H and O–H groups in total. The maximum atomic E-state index is 12.9. The molecule has 1 atom stereocenters. The number of amides is 1. The van der Waals surface area contributed by atoms with Crippen LogP contribution in [0.3, 0.4) is 0 Å². The average Bonchev–Trinajstić information content (AvgIpc) is 3.26. The van der Waals surface area contributed by atoms with Crippen LogP contribution in [0.25, 0.3) is 0 Å². The van der Waals surface area contributed by atoms with Crippen molar-refractivity contribution < 1.29 is 19.5 Å². The summed E-state index contributed by atoms with van der Waals surface area (Å²) in [5.41, 5.74) is 3.41. The van der Waals surface area contributed by atoms with Gasteiger partial charge in [-0.3, -0.25) is 19.8 Å². The van der Waals surface area contributed by atoms with E-state index in [0.29, 0.717) is 18.9 Å². The van der Waals surface area contributed by atoms with E-state index in [2.05, 4.69) is 10.3 Å². The summed E-state index contributed by atoms with van der Waals surface area (Å²) in [6.45, 7) is 0.561. The Morgan fingerprint density at radius 3 is 2.48 bits per heavy atom. The molecule has 2 saturated carbocycles. The van der Waals surface area contributed by atoms with Gasteiger partial charge >= 0.3 is 5.97 Å². The third-order valence-electron chi connectivity index (χ3n) is 6.11. The lowest BCUT2D eigenvalue weighted by molar-refractivity contribution is -0.153. The number of esters is 1. The quantitative estimate of drug-likeness (QED) is 0.333. The zero-order chi connectivity index (χ0) is 20.5. The molecule has 0 aromatic carbocycles. The van der Waals surface area contributed by atoms with Crippen LogP contribution in [0.2, 0.25) is 0 Å². The first-order chi connectivity index (χ1) is 14.2. The Labute approximate surface area is 172 Å². The number of ether oxygens (including phenoxy) is 1. The largest absolute Gasteiger partial charge is 0.461 e. The van der Waals surface area contributed by atoms with Gasteiger partial charge in [0.1, 0.15) is 12.1 Å². The minimum Gasteiger partial charge on any atom is -0.461 e. The molecule has 2 fully saturated rings. The molecule has 2 aliphatic carbocycles. The molecule has 0 aliphatic heterocycles. The van der Waals surface area contributed by atoms with Gasteiger partial charge in [-0.15, -0.1) is 0 Å². The van der Waals surface area contributed by atoms with Crippen LogP contribution in [0.1, 0.15) is 75.5 Å². The number of carbonyl (C=O) groups excluding carboxylic acids is 2. The maximum absolute atomic E-state index is 12.9. The summed E-state index contributed by atoms with van der Waals surface area (Å²) in [5.74, 6) is -0.182. The van der Waals surface area contributed by atoms with Gasteiger partial charge in [0.2, 0.25) is 5.91 Å². The Morgan fingerprint density at radius 2 is 1.83 bits per heavy atom. The van der Waals surface area contributed by atoms with Gasteiger partial charge in [0.25, 0.3) is 0 Å². The minimum atomic E-state index is -0.423. The number of nitrogens with zero attached hydrogens (tertiary/aromatic N) is 1. The number of aryl methyl sites for hydroxylation is 1. The lowest BCUT2D eigenvalue weighted by atomic mass is 9.83. The zero-order valence-electron chi connectivity index (χ0n) is 17.1. The van der Waals surface area contributed by atoms with Crippen LogP contribution in [-0.2, 0) is 27.3 Å². The van der Waals surface area contributed by atoms with E-state index in [1.807, 2.05) is 12.1 Å². The molecule has 1 aromatic heterocycles. The lowest BCUT2D eigenvalue weighted by Crippen LogP contribution is -2.45. The molecule has 1 heterocycles. The van der Waals surface area contributed by atoms with Crippen LogP contribution in [0.15, 0.2) is 18.3 Å². The number of pyridine rings is 1. The van der Waals surface area contributed by atoms with Crippen molar-refractivity contribution in [3.8, 4) is 0 Å². The lowest BCUT2D eigenvalue weighted by Gasteiger charge is -2.30. The second-order valence-electron chi connectivity index (χ2n) is 8.29. The molecule has 0 unspecified atom stereocenters. The van der Waals surface area contributed by atoms with Crippen molar-refractivity contribution in [2.75, 3.05) is 0 Å². The van der Waals surface area contributed by atoms with Crippen LogP contribution >= 0.6 is 0 Å². The van der Waals surface area contributed by atoms with Crippen LogP contribution in [0, 0.1) is 5.92 Å². The molecule has 0 radical (unpaired) electrons. The van der Waals surface area contributed by atoms with Crippen LogP contribution in [-0.4, -0.2) is 34.2 Å². The highest BCUT2D eigenvalue weighted by molar-refractivity contribution is 5.76. The standard InChI is InChI=1S/C22H33N3O4/c26-20(25-28)13-12-18-11-10-16(14-23-18)15-24-21(17-6-2-1-3-7-17)22(27)29-19-8-4-5-9-19/h10-11,14,17,19,21,24,28H,1-9,12-13,15H2,(H,25,26)/t21-/m1/s1. The first-order valence-electron chi connectivity index (χ1n) is 11.0. The Bertz CT molecular complexity index is 653. The summed E-state index contributed by atoms with van der Waals surface area (Å²) in [6, 6.07) is 3.59. The predicted molar refractivity (Wildman–Crippen MR) is 108 cm³/mol. The van der Waals surface area contributed by atoms with Crippen molar-refractivity contribution in [3.63, 3.8) is 0 Å². The van der Waals surface area contributed by atoms with E-state index in [4.69, 9.17) is 9.94 Å². The van der Waals surface area contributed by atoms with Crippen LogP contribution in [0.4, 0.5) is 0 Å². The minimum absolute atomic E-state index is 0.0902. The summed E-state index contributed by atoms with van der Waals surface area (Å²) in [6.07, 6.45) is 12.6. The Kier molecular flexibility index (Phi) is 8.43. The first kappa shape index (κ1) is 21.7. The molecule has 2 aliphatic rings. The number of hydrogen-bond donors (Lipinski definition) is 3. The van der Waals surface area contributed by atoms with Gasteiger partial charge in [-0.25, -0.2) is 5.48 Å². The molecule has 0 spiro atoms. The van der Waals surface area contributed by atoms with Crippen LogP contribution < -0.4 is 10.8 Å². The van der Waals surface area contributed by atoms with Crippen LogP contribution in [0.5, 0.6) is 0 Å². The molecule has 1 aromatic rings. The average molecular weight is 404 g/mol. The molecule has 1 amide bonds.